The summed E-state index contributed by atoms with van der Waals surface area (Å²) in [7, 11) is 0. The van der Waals surface area contributed by atoms with E-state index in [1.54, 1.807) is 12.1 Å². The van der Waals surface area contributed by atoms with Crippen LogP contribution in [0.3, 0.4) is 0 Å². The molecule has 1 aromatic carbocycles. The van der Waals surface area contributed by atoms with Gasteiger partial charge in [-0.3, -0.25) is 4.79 Å². The molecule has 0 atom stereocenters. The summed E-state index contributed by atoms with van der Waals surface area (Å²) in [5.74, 6) is 0.493. The molecule has 68 valence electrons. The minimum Gasteiger partial charge on any atom is -0.491 e. The Kier molecular flexibility index (Phi) is 2.18. The van der Waals surface area contributed by atoms with Gasteiger partial charge >= 0.3 is 0 Å². The first-order valence-corrected chi connectivity index (χ1v) is 4.59. The van der Waals surface area contributed by atoms with E-state index in [2.05, 4.69) is 0 Å². The summed E-state index contributed by atoms with van der Waals surface area (Å²) in [6, 6.07) is 3.16. The number of fused-ring (bicyclic) bond motifs is 1. The quantitative estimate of drug-likeness (QED) is 0.667. The number of Topliss-reactive ketones (excluding diaryl/α,β-unsaturated/α-hetero) is 1. The number of benzene rings is 1. The molecule has 0 N–H and O–H groups in total. The summed E-state index contributed by atoms with van der Waals surface area (Å²) in [6.07, 6.45) is 0.393. The van der Waals surface area contributed by atoms with Gasteiger partial charge in [0.05, 0.1) is 17.2 Å². The van der Waals surface area contributed by atoms with Crippen LogP contribution in [-0.2, 0) is 0 Å². The number of hydrogen-bond acceptors (Lipinski definition) is 2. The minimum atomic E-state index is 0.0330. The summed E-state index contributed by atoms with van der Waals surface area (Å²) in [4.78, 5) is 11.4. The van der Waals surface area contributed by atoms with Crippen LogP contribution in [0.15, 0.2) is 12.1 Å². The molecular weight excluding hydrogens is 211 g/mol. The van der Waals surface area contributed by atoms with Crippen LogP contribution in [-0.4, -0.2) is 12.4 Å². The fourth-order valence-electron chi connectivity index (χ4n) is 1.29. The van der Waals surface area contributed by atoms with Crippen molar-refractivity contribution in [1.29, 1.82) is 0 Å². The minimum absolute atomic E-state index is 0.0330. The molecule has 1 aliphatic heterocycles. The van der Waals surface area contributed by atoms with E-state index in [1.807, 2.05) is 0 Å². The zero-order valence-corrected chi connectivity index (χ0v) is 8.15. The van der Waals surface area contributed by atoms with Gasteiger partial charge in [0.1, 0.15) is 5.75 Å². The van der Waals surface area contributed by atoms with Crippen LogP contribution >= 0.6 is 23.2 Å². The number of ether oxygens (including phenoxy) is 1. The molecule has 0 amide bonds. The van der Waals surface area contributed by atoms with Crippen LogP contribution in [0, 0.1) is 0 Å². The fourth-order valence-corrected chi connectivity index (χ4v) is 1.84. The number of halogens is 2. The Labute approximate surface area is 85.4 Å². The lowest BCUT2D eigenvalue weighted by atomic mass is 10.1. The van der Waals surface area contributed by atoms with Crippen molar-refractivity contribution in [3.8, 4) is 5.75 Å². The number of carbonyl (C=O) groups is 1. The molecule has 0 spiro atoms. The first-order chi connectivity index (χ1) is 6.18. The Balaban J connectivity index is 2.63. The summed E-state index contributed by atoms with van der Waals surface area (Å²) < 4.78 is 5.27. The van der Waals surface area contributed by atoms with E-state index in [0.29, 0.717) is 34.4 Å². The van der Waals surface area contributed by atoms with Crippen molar-refractivity contribution in [1.82, 2.24) is 0 Å². The van der Waals surface area contributed by atoms with Gasteiger partial charge in [0.25, 0.3) is 0 Å². The highest BCUT2D eigenvalue weighted by Gasteiger charge is 2.21. The van der Waals surface area contributed by atoms with Gasteiger partial charge in [-0.1, -0.05) is 23.2 Å². The third kappa shape index (κ3) is 1.52. The fraction of sp³-hybridized carbons (Fsp3) is 0.222. The van der Waals surface area contributed by atoms with Crippen LogP contribution in [0.4, 0.5) is 0 Å². The van der Waals surface area contributed by atoms with Crippen molar-refractivity contribution in [2.45, 2.75) is 6.42 Å². The molecule has 0 saturated heterocycles. The molecule has 13 heavy (non-hydrogen) atoms. The predicted molar refractivity (Wildman–Crippen MR) is 50.9 cm³/mol. The summed E-state index contributed by atoms with van der Waals surface area (Å²) >= 11 is 11.6. The maximum absolute atomic E-state index is 11.4. The molecule has 4 heteroatoms. The third-order valence-electron chi connectivity index (χ3n) is 1.88. The Morgan fingerprint density at radius 1 is 1.31 bits per heavy atom. The third-order valence-corrected chi connectivity index (χ3v) is 2.38. The van der Waals surface area contributed by atoms with Crippen molar-refractivity contribution in [2.75, 3.05) is 6.61 Å². The molecule has 1 aromatic rings. The molecular formula is C9H6Cl2O2. The SMILES string of the molecule is O=C1CCOc2c(Cl)cc(Cl)cc21. The van der Waals surface area contributed by atoms with Crippen LogP contribution in [0.25, 0.3) is 0 Å². The van der Waals surface area contributed by atoms with Gasteiger partial charge < -0.3 is 4.74 Å². The van der Waals surface area contributed by atoms with E-state index in [4.69, 9.17) is 27.9 Å². The molecule has 1 heterocycles. The second-order valence-corrected chi connectivity index (χ2v) is 3.63. The summed E-state index contributed by atoms with van der Waals surface area (Å²) in [6.45, 7) is 0.396. The second-order valence-electron chi connectivity index (χ2n) is 2.79. The lowest BCUT2D eigenvalue weighted by molar-refractivity contribution is 0.0933. The highest BCUT2D eigenvalue weighted by Crippen LogP contribution is 2.35. The lowest BCUT2D eigenvalue weighted by Crippen LogP contribution is -2.15. The number of rotatable bonds is 0. The summed E-state index contributed by atoms with van der Waals surface area (Å²) in [5.41, 5.74) is 0.490. The molecule has 0 fully saturated rings. The molecule has 0 bridgehead atoms. The van der Waals surface area contributed by atoms with E-state index in [9.17, 15) is 4.79 Å². The molecule has 1 aliphatic rings. The maximum Gasteiger partial charge on any atom is 0.170 e. The van der Waals surface area contributed by atoms with Crippen LogP contribution in [0.5, 0.6) is 5.75 Å². The molecule has 0 saturated carbocycles. The van der Waals surface area contributed by atoms with Gasteiger partial charge in [-0.15, -0.1) is 0 Å². The first kappa shape index (κ1) is 8.85. The normalized spacial score (nSPS) is 15.1. The molecule has 0 aromatic heterocycles. The van der Waals surface area contributed by atoms with Crippen LogP contribution in [0.2, 0.25) is 10.0 Å². The van der Waals surface area contributed by atoms with Crippen molar-refractivity contribution >= 4 is 29.0 Å². The van der Waals surface area contributed by atoms with E-state index in [-0.39, 0.29) is 5.78 Å². The van der Waals surface area contributed by atoms with Gasteiger partial charge in [-0.25, -0.2) is 0 Å². The Morgan fingerprint density at radius 3 is 2.85 bits per heavy atom. The monoisotopic (exact) mass is 216 g/mol. The Hall–Kier alpha value is -0.730. The van der Waals surface area contributed by atoms with Crippen LogP contribution in [0.1, 0.15) is 16.8 Å². The highest BCUT2D eigenvalue weighted by atomic mass is 35.5. The first-order valence-electron chi connectivity index (χ1n) is 3.83. The topological polar surface area (TPSA) is 26.3 Å². The van der Waals surface area contributed by atoms with Crippen molar-refractivity contribution in [3.63, 3.8) is 0 Å². The number of hydrogen-bond donors (Lipinski definition) is 0. The van der Waals surface area contributed by atoms with Gasteiger partial charge in [0.15, 0.2) is 5.78 Å². The Morgan fingerprint density at radius 2 is 2.08 bits per heavy atom. The highest BCUT2D eigenvalue weighted by molar-refractivity contribution is 6.36. The van der Waals surface area contributed by atoms with Crippen molar-refractivity contribution < 1.29 is 9.53 Å². The van der Waals surface area contributed by atoms with Crippen LogP contribution < -0.4 is 4.74 Å². The van der Waals surface area contributed by atoms with E-state index in [0.717, 1.165) is 0 Å². The van der Waals surface area contributed by atoms with Crippen molar-refractivity contribution in [3.05, 3.63) is 27.7 Å². The molecule has 0 unspecified atom stereocenters. The zero-order chi connectivity index (χ0) is 9.42. The molecule has 0 aliphatic carbocycles. The molecule has 2 rings (SSSR count). The number of ketones is 1. The van der Waals surface area contributed by atoms with Gasteiger partial charge in [-0.05, 0) is 12.1 Å². The largest absolute Gasteiger partial charge is 0.491 e. The van der Waals surface area contributed by atoms with E-state index in [1.165, 1.54) is 0 Å². The molecule has 0 radical (unpaired) electrons. The zero-order valence-electron chi connectivity index (χ0n) is 6.64. The van der Waals surface area contributed by atoms with E-state index >= 15 is 0 Å². The second kappa shape index (κ2) is 3.20. The number of carbonyl (C=O) groups excluding carboxylic acids is 1. The molecule has 2 nitrogen and oxygen atoms in total. The van der Waals surface area contributed by atoms with E-state index < -0.39 is 0 Å². The van der Waals surface area contributed by atoms with Gasteiger partial charge in [-0.2, -0.15) is 0 Å². The predicted octanol–water partition coefficient (Wildman–Crippen LogP) is 2.96. The average Bonchev–Trinajstić information content (AvgIpc) is 2.07. The smallest absolute Gasteiger partial charge is 0.170 e. The van der Waals surface area contributed by atoms with Crippen molar-refractivity contribution in [2.24, 2.45) is 0 Å². The lowest BCUT2D eigenvalue weighted by Gasteiger charge is -2.17. The standard InChI is InChI=1S/C9H6Cl2O2/c10-5-3-6-8(12)1-2-13-9(6)7(11)4-5/h3-4H,1-2H2. The summed E-state index contributed by atoms with van der Waals surface area (Å²) in [5, 5.41) is 0.859. The Bertz CT molecular complexity index is 374. The average molecular weight is 217 g/mol. The van der Waals surface area contributed by atoms with Gasteiger partial charge in [0, 0.05) is 11.4 Å². The van der Waals surface area contributed by atoms with Gasteiger partial charge in [0.2, 0.25) is 0 Å². The maximum atomic E-state index is 11.4.